The van der Waals surface area contributed by atoms with E-state index in [1.165, 1.54) is 37.7 Å². The normalized spacial score (nSPS) is 15.8. The summed E-state index contributed by atoms with van der Waals surface area (Å²) in [6, 6.07) is 10.2. The topological polar surface area (TPSA) is 46.9 Å². The highest BCUT2D eigenvalue weighted by Gasteiger charge is 2.23. The number of hydrogen-bond acceptors (Lipinski definition) is 2. The molecule has 1 aliphatic carbocycles. The summed E-state index contributed by atoms with van der Waals surface area (Å²) in [5.74, 6) is 1.40. The van der Waals surface area contributed by atoms with Crippen LogP contribution in [0.15, 0.2) is 30.3 Å². The van der Waals surface area contributed by atoms with Crippen LogP contribution in [0.2, 0.25) is 0 Å². The summed E-state index contributed by atoms with van der Waals surface area (Å²) in [4.78, 5) is 12.6. The quantitative estimate of drug-likeness (QED) is 0.801. The number of amides is 1. The molecule has 1 fully saturated rings. The van der Waals surface area contributed by atoms with Gasteiger partial charge < -0.3 is 5.32 Å². The highest BCUT2D eigenvalue weighted by Crippen LogP contribution is 2.29. The molecule has 1 aromatic carbocycles. The maximum absolute atomic E-state index is 12.6. The molecule has 2 aromatic rings. The molecular formula is C22H31N3O. The second-order valence-electron chi connectivity index (χ2n) is 8.67. The van der Waals surface area contributed by atoms with Crippen LogP contribution in [-0.2, 0) is 10.2 Å². The minimum atomic E-state index is -0.0706. The van der Waals surface area contributed by atoms with E-state index in [1.54, 1.807) is 0 Å². The predicted molar refractivity (Wildman–Crippen MR) is 107 cm³/mol. The lowest BCUT2D eigenvalue weighted by Gasteiger charge is -2.20. The van der Waals surface area contributed by atoms with Gasteiger partial charge in [-0.3, -0.25) is 4.79 Å². The van der Waals surface area contributed by atoms with Crippen molar-refractivity contribution >= 4 is 11.7 Å². The van der Waals surface area contributed by atoms with Crippen LogP contribution in [0.25, 0.3) is 5.69 Å². The fourth-order valence-electron chi connectivity index (χ4n) is 3.57. The average Bonchev–Trinajstić information content (AvgIpc) is 3.00. The van der Waals surface area contributed by atoms with Crippen molar-refractivity contribution in [3.63, 3.8) is 0 Å². The number of benzene rings is 1. The van der Waals surface area contributed by atoms with E-state index in [0.29, 0.717) is 12.3 Å². The second kappa shape index (κ2) is 7.65. The van der Waals surface area contributed by atoms with Gasteiger partial charge in [-0.2, -0.15) is 5.10 Å². The fourth-order valence-corrected chi connectivity index (χ4v) is 3.57. The smallest absolute Gasteiger partial charge is 0.225 e. The van der Waals surface area contributed by atoms with Crippen LogP contribution in [0, 0.1) is 12.8 Å². The first-order valence-electron chi connectivity index (χ1n) is 9.80. The highest BCUT2D eigenvalue weighted by molar-refractivity contribution is 5.90. The van der Waals surface area contributed by atoms with Crippen LogP contribution in [-0.4, -0.2) is 15.7 Å². The molecule has 1 heterocycles. The van der Waals surface area contributed by atoms with E-state index in [9.17, 15) is 4.79 Å². The molecular weight excluding hydrogens is 322 g/mol. The summed E-state index contributed by atoms with van der Waals surface area (Å²) < 4.78 is 1.86. The van der Waals surface area contributed by atoms with Crippen molar-refractivity contribution in [1.29, 1.82) is 0 Å². The Hall–Kier alpha value is -2.10. The van der Waals surface area contributed by atoms with Crippen molar-refractivity contribution in [3.8, 4) is 5.69 Å². The van der Waals surface area contributed by atoms with E-state index in [1.807, 2.05) is 22.9 Å². The molecule has 0 saturated heterocycles. The number of carbonyl (C=O) groups is 1. The minimum Gasteiger partial charge on any atom is -0.311 e. The number of anilines is 1. The number of hydrogen-bond donors (Lipinski definition) is 1. The van der Waals surface area contributed by atoms with Gasteiger partial charge in [0.15, 0.2) is 0 Å². The standard InChI is InChI=1S/C22H31N3O/c1-16-10-12-18(13-11-16)25-20(15-19(24-25)22(2,3)4)23-21(26)14-17-8-6-5-7-9-17/h10-13,15,17H,5-9,14H2,1-4H3,(H,23,26). The molecule has 0 bridgehead atoms. The van der Waals surface area contributed by atoms with Gasteiger partial charge in [-0.25, -0.2) is 4.68 Å². The third kappa shape index (κ3) is 4.54. The Kier molecular flexibility index (Phi) is 5.49. The number of rotatable bonds is 4. The van der Waals surface area contributed by atoms with Crippen LogP contribution in [0.4, 0.5) is 5.82 Å². The first kappa shape index (κ1) is 18.7. The fraction of sp³-hybridized carbons (Fsp3) is 0.545. The van der Waals surface area contributed by atoms with Crippen LogP contribution < -0.4 is 5.32 Å². The Balaban J connectivity index is 1.83. The SMILES string of the molecule is Cc1ccc(-n2nc(C(C)(C)C)cc2NC(=O)CC2CCCCC2)cc1. The van der Waals surface area contributed by atoms with Gasteiger partial charge in [-0.15, -0.1) is 0 Å². The molecule has 4 heteroatoms. The number of nitrogens with one attached hydrogen (secondary N) is 1. The third-order valence-electron chi connectivity index (χ3n) is 5.22. The zero-order valence-electron chi connectivity index (χ0n) is 16.5. The van der Waals surface area contributed by atoms with E-state index >= 15 is 0 Å². The molecule has 1 N–H and O–H groups in total. The number of aromatic nitrogens is 2. The Morgan fingerprint density at radius 2 is 1.81 bits per heavy atom. The summed E-state index contributed by atoms with van der Waals surface area (Å²) in [5, 5.41) is 7.91. The lowest BCUT2D eigenvalue weighted by molar-refractivity contribution is -0.117. The number of aryl methyl sites for hydroxylation is 1. The summed E-state index contributed by atoms with van der Waals surface area (Å²) in [5.41, 5.74) is 3.09. The van der Waals surface area contributed by atoms with Crippen molar-refractivity contribution in [3.05, 3.63) is 41.6 Å². The lowest BCUT2D eigenvalue weighted by Crippen LogP contribution is -2.19. The van der Waals surface area contributed by atoms with Gasteiger partial charge in [0.25, 0.3) is 0 Å². The van der Waals surface area contributed by atoms with Crippen molar-refractivity contribution in [2.45, 2.75) is 71.6 Å². The Labute approximate surface area is 157 Å². The van der Waals surface area contributed by atoms with E-state index < -0.39 is 0 Å². The van der Waals surface area contributed by atoms with Gasteiger partial charge in [0, 0.05) is 17.9 Å². The van der Waals surface area contributed by atoms with E-state index in [-0.39, 0.29) is 11.3 Å². The van der Waals surface area contributed by atoms with Crippen molar-refractivity contribution < 1.29 is 4.79 Å². The van der Waals surface area contributed by atoms with Gasteiger partial charge >= 0.3 is 0 Å². The van der Waals surface area contributed by atoms with Crippen LogP contribution in [0.1, 0.15) is 70.6 Å². The summed E-state index contributed by atoms with van der Waals surface area (Å²) >= 11 is 0. The number of carbonyl (C=O) groups excluding carboxylic acids is 1. The van der Waals surface area contributed by atoms with Crippen molar-refractivity contribution in [1.82, 2.24) is 9.78 Å². The Bertz CT molecular complexity index is 747. The predicted octanol–water partition coefficient (Wildman–Crippen LogP) is 5.39. The van der Waals surface area contributed by atoms with Crippen LogP contribution in [0.3, 0.4) is 0 Å². The molecule has 1 aliphatic rings. The molecule has 0 radical (unpaired) electrons. The summed E-state index contributed by atoms with van der Waals surface area (Å²) in [6.45, 7) is 8.49. The molecule has 1 saturated carbocycles. The molecule has 0 unspecified atom stereocenters. The van der Waals surface area contributed by atoms with Gasteiger partial charge in [0.1, 0.15) is 5.82 Å². The van der Waals surface area contributed by atoms with Crippen LogP contribution >= 0.6 is 0 Å². The van der Waals surface area contributed by atoms with Gasteiger partial charge in [0.05, 0.1) is 11.4 Å². The second-order valence-corrected chi connectivity index (χ2v) is 8.67. The largest absolute Gasteiger partial charge is 0.311 e. The van der Waals surface area contributed by atoms with E-state index in [2.05, 4.69) is 45.1 Å². The van der Waals surface area contributed by atoms with Gasteiger partial charge in [0.2, 0.25) is 5.91 Å². The molecule has 26 heavy (non-hydrogen) atoms. The van der Waals surface area contributed by atoms with Crippen molar-refractivity contribution in [2.24, 2.45) is 5.92 Å². The molecule has 3 rings (SSSR count). The Morgan fingerprint density at radius 1 is 1.15 bits per heavy atom. The lowest BCUT2D eigenvalue weighted by atomic mass is 9.87. The van der Waals surface area contributed by atoms with Crippen molar-refractivity contribution in [2.75, 3.05) is 5.32 Å². The molecule has 1 amide bonds. The van der Waals surface area contributed by atoms with Gasteiger partial charge in [-0.05, 0) is 37.8 Å². The summed E-state index contributed by atoms with van der Waals surface area (Å²) in [7, 11) is 0. The third-order valence-corrected chi connectivity index (χ3v) is 5.22. The maximum atomic E-state index is 12.6. The van der Waals surface area contributed by atoms with E-state index in [4.69, 9.17) is 5.10 Å². The first-order valence-corrected chi connectivity index (χ1v) is 9.80. The zero-order chi connectivity index (χ0) is 18.7. The molecule has 0 spiro atoms. The van der Waals surface area contributed by atoms with Gasteiger partial charge in [-0.1, -0.05) is 57.7 Å². The maximum Gasteiger partial charge on any atom is 0.225 e. The molecule has 140 valence electrons. The Morgan fingerprint density at radius 3 is 2.42 bits per heavy atom. The highest BCUT2D eigenvalue weighted by atomic mass is 16.1. The van der Waals surface area contributed by atoms with Crippen LogP contribution in [0.5, 0.6) is 0 Å². The number of nitrogens with zero attached hydrogens (tertiary/aromatic N) is 2. The first-order chi connectivity index (χ1) is 12.3. The summed E-state index contributed by atoms with van der Waals surface area (Å²) in [6.07, 6.45) is 6.80. The average molecular weight is 354 g/mol. The molecule has 0 aliphatic heterocycles. The zero-order valence-corrected chi connectivity index (χ0v) is 16.5. The minimum absolute atomic E-state index is 0.0706. The molecule has 1 aromatic heterocycles. The molecule has 0 atom stereocenters. The van der Waals surface area contributed by atoms with E-state index in [0.717, 1.165) is 17.2 Å². The monoisotopic (exact) mass is 353 g/mol. The molecule has 4 nitrogen and oxygen atoms in total.